The number of likely N-dealkylation sites (tertiary alicyclic amines) is 2. The minimum atomic E-state index is -0.133. The number of piperidine rings is 1. The first-order valence-corrected chi connectivity index (χ1v) is 9.75. The molecule has 0 saturated carbocycles. The molecule has 2 amide bonds. The highest BCUT2D eigenvalue weighted by Gasteiger charge is 2.26. The Bertz CT molecular complexity index is 552. The predicted octanol–water partition coefficient (Wildman–Crippen LogP) is 2.17. The minimum absolute atomic E-state index is 0.0241. The Morgan fingerprint density at radius 3 is 2.68 bits per heavy atom. The number of hydrogen-bond acceptors (Lipinski definition) is 4. The average Bonchev–Trinajstić information content (AvgIpc) is 2.87. The molecular formula is C18H32N6O. The second-order valence-corrected chi connectivity index (χ2v) is 7.64. The number of amides is 2. The van der Waals surface area contributed by atoms with Crippen molar-refractivity contribution in [3.05, 3.63) is 12.2 Å². The lowest BCUT2D eigenvalue weighted by atomic mass is 9.97. The molecule has 1 aromatic heterocycles. The van der Waals surface area contributed by atoms with Gasteiger partial charge in [0.1, 0.15) is 6.33 Å². The highest BCUT2D eigenvalue weighted by molar-refractivity contribution is 5.74. The second-order valence-electron chi connectivity index (χ2n) is 7.64. The molecule has 0 unspecified atom stereocenters. The quantitative estimate of drug-likeness (QED) is 0.906. The van der Waals surface area contributed by atoms with Crippen LogP contribution < -0.4 is 5.32 Å². The third-order valence-corrected chi connectivity index (χ3v) is 5.49. The molecule has 0 radical (unpaired) electrons. The standard InChI is InChI=1S/C18H32N6O/c1-15(17-21-19-14-22(17)2)20-18(25)24-11-7-8-16(13-24)12-23-9-5-3-4-6-10-23/h14-16H,3-13H2,1-2H3,(H,20,25)/t15-,16-/m1/s1. The molecule has 2 fully saturated rings. The molecule has 0 spiro atoms. The van der Waals surface area contributed by atoms with Gasteiger partial charge >= 0.3 is 6.03 Å². The van der Waals surface area contributed by atoms with Crippen LogP contribution in [0, 0.1) is 5.92 Å². The highest BCUT2D eigenvalue weighted by atomic mass is 16.2. The lowest BCUT2D eigenvalue weighted by Crippen LogP contribution is -2.48. The normalized spacial score (nSPS) is 23.9. The monoisotopic (exact) mass is 348 g/mol. The van der Waals surface area contributed by atoms with Crippen molar-refractivity contribution in [3.63, 3.8) is 0 Å². The lowest BCUT2D eigenvalue weighted by Gasteiger charge is -2.36. The Balaban J connectivity index is 1.50. The topological polar surface area (TPSA) is 66.3 Å². The first-order chi connectivity index (χ1) is 12.1. The fourth-order valence-corrected chi connectivity index (χ4v) is 4.11. The zero-order valence-corrected chi connectivity index (χ0v) is 15.7. The molecule has 2 saturated heterocycles. The number of hydrogen-bond donors (Lipinski definition) is 1. The summed E-state index contributed by atoms with van der Waals surface area (Å²) in [4.78, 5) is 17.2. The van der Waals surface area contributed by atoms with Gasteiger partial charge in [0.05, 0.1) is 6.04 Å². The molecule has 0 bridgehead atoms. The SMILES string of the molecule is C[C@@H](NC(=O)N1CCC[C@H](CN2CCCCCC2)C1)c1nncn1C. The summed E-state index contributed by atoms with van der Waals surface area (Å²) in [5.74, 6) is 1.38. The van der Waals surface area contributed by atoms with E-state index >= 15 is 0 Å². The van der Waals surface area contributed by atoms with Crippen molar-refractivity contribution in [3.8, 4) is 0 Å². The largest absolute Gasteiger partial charge is 0.328 e. The van der Waals surface area contributed by atoms with E-state index in [1.165, 1.54) is 45.2 Å². The molecule has 1 aromatic rings. The molecule has 25 heavy (non-hydrogen) atoms. The number of carbonyl (C=O) groups excluding carboxylic acids is 1. The number of aromatic nitrogens is 3. The highest BCUT2D eigenvalue weighted by Crippen LogP contribution is 2.20. The Kier molecular flexibility index (Phi) is 6.29. The maximum absolute atomic E-state index is 12.7. The molecule has 3 heterocycles. The number of aryl methyl sites for hydroxylation is 1. The molecule has 1 N–H and O–H groups in total. The summed E-state index contributed by atoms with van der Waals surface area (Å²) in [7, 11) is 1.90. The van der Waals surface area contributed by atoms with Gasteiger partial charge in [0.25, 0.3) is 0 Å². The summed E-state index contributed by atoms with van der Waals surface area (Å²) in [6.45, 7) is 7.28. The van der Waals surface area contributed by atoms with Crippen LogP contribution >= 0.6 is 0 Å². The van der Waals surface area contributed by atoms with Crippen LogP contribution in [0.4, 0.5) is 4.79 Å². The number of carbonyl (C=O) groups is 1. The lowest BCUT2D eigenvalue weighted by molar-refractivity contribution is 0.138. The van der Waals surface area contributed by atoms with Crippen LogP contribution in [0.1, 0.15) is 57.3 Å². The molecule has 0 aromatic carbocycles. The van der Waals surface area contributed by atoms with Crippen molar-refractivity contribution in [1.82, 2.24) is 29.9 Å². The first kappa shape index (κ1) is 18.2. The van der Waals surface area contributed by atoms with Crippen molar-refractivity contribution in [2.24, 2.45) is 13.0 Å². The second kappa shape index (κ2) is 8.65. The van der Waals surface area contributed by atoms with Crippen LogP contribution in [0.3, 0.4) is 0 Å². The summed E-state index contributed by atoms with van der Waals surface area (Å²) < 4.78 is 1.85. The van der Waals surface area contributed by atoms with Gasteiger partial charge in [0, 0.05) is 26.7 Å². The van der Waals surface area contributed by atoms with Crippen molar-refractivity contribution >= 4 is 6.03 Å². The van der Waals surface area contributed by atoms with Crippen LogP contribution in [0.25, 0.3) is 0 Å². The maximum Gasteiger partial charge on any atom is 0.317 e. The van der Waals surface area contributed by atoms with Gasteiger partial charge in [-0.1, -0.05) is 12.8 Å². The number of urea groups is 1. The van der Waals surface area contributed by atoms with E-state index in [-0.39, 0.29) is 12.1 Å². The van der Waals surface area contributed by atoms with Gasteiger partial charge in [-0.15, -0.1) is 10.2 Å². The van der Waals surface area contributed by atoms with E-state index in [9.17, 15) is 4.79 Å². The smallest absolute Gasteiger partial charge is 0.317 e. The van der Waals surface area contributed by atoms with E-state index in [1.807, 2.05) is 23.4 Å². The Morgan fingerprint density at radius 2 is 2.00 bits per heavy atom. The zero-order chi connectivity index (χ0) is 17.6. The van der Waals surface area contributed by atoms with E-state index in [4.69, 9.17) is 0 Å². The van der Waals surface area contributed by atoms with E-state index in [0.29, 0.717) is 5.92 Å². The van der Waals surface area contributed by atoms with Gasteiger partial charge < -0.3 is 19.7 Å². The molecule has 7 heteroatoms. The van der Waals surface area contributed by atoms with Gasteiger partial charge in [0.15, 0.2) is 5.82 Å². The molecule has 0 aliphatic carbocycles. The summed E-state index contributed by atoms with van der Waals surface area (Å²) >= 11 is 0. The molecule has 3 rings (SSSR count). The third-order valence-electron chi connectivity index (χ3n) is 5.49. The molecule has 2 aliphatic heterocycles. The van der Waals surface area contributed by atoms with E-state index in [0.717, 1.165) is 31.9 Å². The van der Waals surface area contributed by atoms with Gasteiger partial charge in [-0.25, -0.2) is 4.79 Å². The van der Waals surface area contributed by atoms with Crippen molar-refractivity contribution in [2.75, 3.05) is 32.7 Å². The fourth-order valence-electron chi connectivity index (χ4n) is 4.11. The van der Waals surface area contributed by atoms with Crippen molar-refractivity contribution < 1.29 is 4.79 Å². The van der Waals surface area contributed by atoms with Gasteiger partial charge in [-0.2, -0.15) is 0 Å². The first-order valence-electron chi connectivity index (χ1n) is 9.75. The summed E-state index contributed by atoms with van der Waals surface area (Å²) in [5.41, 5.74) is 0. The number of nitrogens with zero attached hydrogens (tertiary/aromatic N) is 5. The summed E-state index contributed by atoms with van der Waals surface area (Å²) in [6.07, 6.45) is 9.39. The van der Waals surface area contributed by atoms with Gasteiger partial charge in [0.2, 0.25) is 0 Å². The zero-order valence-electron chi connectivity index (χ0n) is 15.7. The van der Waals surface area contributed by atoms with E-state index < -0.39 is 0 Å². The van der Waals surface area contributed by atoms with Crippen LogP contribution in [0.2, 0.25) is 0 Å². The van der Waals surface area contributed by atoms with E-state index in [2.05, 4.69) is 20.4 Å². The molecular weight excluding hydrogens is 316 g/mol. The fraction of sp³-hybridized carbons (Fsp3) is 0.833. The average molecular weight is 348 g/mol. The van der Waals surface area contributed by atoms with Crippen LogP contribution in [-0.4, -0.2) is 63.3 Å². The Labute approximate surface area is 150 Å². The molecule has 7 nitrogen and oxygen atoms in total. The Morgan fingerprint density at radius 1 is 1.24 bits per heavy atom. The maximum atomic E-state index is 12.7. The van der Waals surface area contributed by atoms with E-state index in [1.54, 1.807) is 6.33 Å². The van der Waals surface area contributed by atoms with Gasteiger partial charge in [-0.05, 0) is 51.6 Å². The third kappa shape index (κ3) is 4.93. The van der Waals surface area contributed by atoms with Crippen molar-refractivity contribution in [1.29, 1.82) is 0 Å². The van der Waals surface area contributed by atoms with Crippen molar-refractivity contribution in [2.45, 2.75) is 51.5 Å². The summed E-state index contributed by atoms with van der Waals surface area (Å²) in [6, 6.07) is -0.109. The molecule has 2 aliphatic rings. The predicted molar refractivity (Wildman–Crippen MR) is 97.2 cm³/mol. The van der Waals surface area contributed by atoms with Gasteiger partial charge in [-0.3, -0.25) is 0 Å². The number of nitrogens with one attached hydrogen (secondary N) is 1. The van der Waals surface area contributed by atoms with Crippen LogP contribution in [0.5, 0.6) is 0 Å². The Hall–Kier alpha value is -1.63. The minimum Gasteiger partial charge on any atom is -0.328 e. The molecule has 2 atom stereocenters. The molecule has 140 valence electrons. The summed E-state index contributed by atoms with van der Waals surface area (Å²) in [5, 5.41) is 11.1. The number of rotatable bonds is 4. The van der Waals surface area contributed by atoms with Crippen LogP contribution in [-0.2, 0) is 7.05 Å². The van der Waals surface area contributed by atoms with Crippen LogP contribution in [0.15, 0.2) is 6.33 Å².